The standard InChI is InChI=1S/C13H16/c1-3-13(2)10-6-8-11-7-4-5-9-12(11)13/h3-5,7,9H,1,6,8,10H2,2H3/t13-/m0/s1. The van der Waals surface area contributed by atoms with E-state index in [1.807, 2.05) is 0 Å². The molecule has 0 N–H and O–H groups in total. The van der Waals surface area contributed by atoms with Gasteiger partial charge in [0.25, 0.3) is 0 Å². The van der Waals surface area contributed by atoms with Crippen molar-refractivity contribution in [3.05, 3.63) is 48.0 Å². The smallest absolute Gasteiger partial charge is 0.0104 e. The van der Waals surface area contributed by atoms with Crippen LogP contribution in [0.1, 0.15) is 30.9 Å². The minimum absolute atomic E-state index is 0.217. The highest BCUT2D eigenvalue weighted by molar-refractivity contribution is 5.39. The van der Waals surface area contributed by atoms with E-state index in [0.29, 0.717) is 0 Å². The van der Waals surface area contributed by atoms with Crippen LogP contribution in [0.3, 0.4) is 0 Å². The predicted molar refractivity (Wildman–Crippen MR) is 56.9 cm³/mol. The highest BCUT2D eigenvalue weighted by atomic mass is 14.3. The van der Waals surface area contributed by atoms with Gasteiger partial charge in [0.15, 0.2) is 0 Å². The molecule has 0 aromatic heterocycles. The van der Waals surface area contributed by atoms with Crippen molar-refractivity contribution in [1.29, 1.82) is 0 Å². The molecule has 0 fully saturated rings. The first kappa shape index (κ1) is 8.55. The van der Waals surface area contributed by atoms with Crippen LogP contribution in [0.25, 0.3) is 0 Å². The van der Waals surface area contributed by atoms with Crippen molar-refractivity contribution in [3.63, 3.8) is 0 Å². The summed E-state index contributed by atoms with van der Waals surface area (Å²) in [5.41, 5.74) is 3.21. The molecule has 13 heavy (non-hydrogen) atoms. The van der Waals surface area contributed by atoms with Gasteiger partial charge in [-0.3, -0.25) is 0 Å². The van der Waals surface area contributed by atoms with E-state index in [1.165, 1.54) is 30.4 Å². The van der Waals surface area contributed by atoms with Gasteiger partial charge in [-0.25, -0.2) is 0 Å². The first-order chi connectivity index (χ1) is 6.26. The number of aryl methyl sites for hydroxylation is 1. The molecule has 2 rings (SSSR count). The number of allylic oxidation sites excluding steroid dienone is 1. The maximum Gasteiger partial charge on any atom is 0.0104 e. The lowest BCUT2D eigenvalue weighted by Crippen LogP contribution is -2.24. The molecule has 1 aromatic carbocycles. The van der Waals surface area contributed by atoms with E-state index in [0.717, 1.165) is 0 Å². The molecule has 1 aliphatic rings. The van der Waals surface area contributed by atoms with Gasteiger partial charge >= 0.3 is 0 Å². The van der Waals surface area contributed by atoms with E-state index < -0.39 is 0 Å². The molecule has 0 spiro atoms. The zero-order valence-corrected chi connectivity index (χ0v) is 8.22. The average molecular weight is 172 g/mol. The Morgan fingerprint density at radius 3 is 2.92 bits per heavy atom. The molecule has 0 heteroatoms. The Hall–Kier alpha value is -1.04. The summed E-state index contributed by atoms with van der Waals surface area (Å²) in [6, 6.07) is 8.76. The van der Waals surface area contributed by atoms with Gasteiger partial charge in [0.2, 0.25) is 0 Å². The molecule has 0 heterocycles. The van der Waals surface area contributed by atoms with Gasteiger partial charge in [-0.2, -0.15) is 0 Å². The molecule has 0 radical (unpaired) electrons. The summed E-state index contributed by atoms with van der Waals surface area (Å²) in [4.78, 5) is 0. The Bertz CT molecular complexity index is 325. The zero-order valence-electron chi connectivity index (χ0n) is 8.22. The lowest BCUT2D eigenvalue weighted by atomic mass is 9.71. The Kier molecular flexibility index (Phi) is 1.99. The second-order valence-corrected chi connectivity index (χ2v) is 4.13. The third-order valence-electron chi connectivity index (χ3n) is 3.23. The zero-order chi connectivity index (χ0) is 9.31. The van der Waals surface area contributed by atoms with E-state index >= 15 is 0 Å². The normalized spacial score (nSPS) is 26.5. The summed E-state index contributed by atoms with van der Waals surface area (Å²) in [5.74, 6) is 0. The van der Waals surface area contributed by atoms with Gasteiger partial charge < -0.3 is 0 Å². The van der Waals surface area contributed by atoms with Gasteiger partial charge in [-0.1, -0.05) is 37.3 Å². The maximum atomic E-state index is 3.95. The minimum atomic E-state index is 0.217. The molecule has 0 aliphatic heterocycles. The molecule has 0 amide bonds. The topological polar surface area (TPSA) is 0 Å². The second kappa shape index (κ2) is 3.02. The molecule has 0 bridgehead atoms. The Labute approximate surface area is 80.3 Å². The van der Waals surface area contributed by atoms with Crippen molar-refractivity contribution in [2.45, 2.75) is 31.6 Å². The first-order valence-electron chi connectivity index (χ1n) is 4.98. The number of hydrogen-bond donors (Lipinski definition) is 0. The van der Waals surface area contributed by atoms with Gasteiger partial charge in [0.05, 0.1) is 0 Å². The maximum absolute atomic E-state index is 3.95. The van der Waals surface area contributed by atoms with Crippen LogP contribution in [0.5, 0.6) is 0 Å². The molecular formula is C13H16. The largest absolute Gasteiger partial charge is 0.102 e. The van der Waals surface area contributed by atoms with Crippen molar-refractivity contribution in [1.82, 2.24) is 0 Å². The molecule has 0 nitrogen and oxygen atoms in total. The molecule has 0 unspecified atom stereocenters. The van der Waals surface area contributed by atoms with E-state index in [-0.39, 0.29) is 5.41 Å². The Morgan fingerprint density at radius 1 is 1.38 bits per heavy atom. The fraction of sp³-hybridized carbons (Fsp3) is 0.385. The summed E-state index contributed by atoms with van der Waals surface area (Å²) in [5, 5.41) is 0. The molecular weight excluding hydrogens is 156 g/mol. The van der Waals surface area contributed by atoms with Crippen LogP contribution in [0, 0.1) is 0 Å². The van der Waals surface area contributed by atoms with Crippen molar-refractivity contribution in [2.75, 3.05) is 0 Å². The van der Waals surface area contributed by atoms with Gasteiger partial charge in [-0.05, 0) is 30.4 Å². The monoisotopic (exact) mass is 172 g/mol. The molecule has 1 aliphatic carbocycles. The fourth-order valence-electron chi connectivity index (χ4n) is 2.29. The second-order valence-electron chi connectivity index (χ2n) is 4.13. The van der Waals surface area contributed by atoms with Crippen LogP contribution in [0.15, 0.2) is 36.9 Å². The molecule has 1 aromatic rings. The van der Waals surface area contributed by atoms with Crippen LogP contribution >= 0.6 is 0 Å². The molecule has 1 atom stereocenters. The summed E-state index contributed by atoms with van der Waals surface area (Å²) in [6.07, 6.45) is 5.87. The van der Waals surface area contributed by atoms with Crippen LogP contribution < -0.4 is 0 Å². The summed E-state index contributed by atoms with van der Waals surface area (Å²) >= 11 is 0. The van der Waals surface area contributed by atoms with Crippen LogP contribution in [0.2, 0.25) is 0 Å². The molecule has 0 saturated carbocycles. The van der Waals surface area contributed by atoms with Crippen molar-refractivity contribution < 1.29 is 0 Å². The van der Waals surface area contributed by atoms with Gasteiger partial charge in [0, 0.05) is 5.41 Å². The number of benzene rings is 1. The number of hydrogen-bond acceptors (Lipinski definition) is 0. The first-order valence-corrected chi connectivity index (χ1v) is 4.98. The lowest BCUT2D eigenvalue weighted by molar-refractivity contribution is 0.482. The fourth-order valence-corrected chi connectivity index (χ4v) is 2.29. The van der Waals surface area contributed by atoms with Crippen LogP contribution in [-0.4, -0.2) is 0 Å². The van der Waals surface area contributed by atoms with E-state index in [1.54, 1.807) is 0 Å². The average Bonchev–Trinajstić information content (AvgIpc) is 2.19. The summed E-state index contributed by atoms with van der Waals surface area (Å²) in [7, 11) is 0. The van der Waals surface area contributed by atoms with E-state index in [2.05, 4.69) is 43.8 Å². The van der Waals surface area contributed by atoms with Crippen molar-refractivity contribution in [2.24, 2.45) is 0 Å². The SMILES string of the molecule is C=C[C@@]1(C)CCCc2ccccc21. The number of fused-ring (bicyclic) bond motifs is 1. The molecule has 0 saturated heterocycles. The third kappa shape index (κ3) is 1.31. The van der Waals surface area contributed by atoms with E-state index in [9.17, 15) is 0 Å². The predicted octanol–water partition coefficient (Wildman–Crippen LogP) is 3.47. The Balaban J connectivity index is 2.54. The molecule has 68 valence electrons. The van der Waals surface area contributed by atoms with Crippen LogP contribution in [0.4, 0.5) is 0 Å². The number of rotatable bonds is 1. The van der Waals surface area contributed by atoms with Gasteiger partial charge in [0.1, 0.15) is 0 Å². The summed E-state index contributed by atoms with van der Waals surface area (Å²) in [6.45, 7) is 6.24. The van der Waals surface area contributed by atoms with Crippen molar-refractivity contribution >= 4 is 0 Å². The quantitative estimate of drug-likeness (QED) is 0.569. The Morgan fingerprint density at radius 2 is 2.15 bits per heavy atom. The van der Waals surface area contributed by atoms with Crippen molar-refractivity contribution in [3.8, 4) is 0 Å². The van der Waals surface area contributed by atoms with E-state index in [4.69, 9.17) is 0 Å². The third-order valence-corrected chi connectivity index (χ3v) is 3.23. The highest BCUT2D eigenvalue weighted by Crippen LogP contribution is 2.37. The lowest BCUT2D eigenvalue weighted by Gasteiger charge is -2.33. The highest BCUT2D eigenvalue weighted by Gasteiger charge is 2.28. The van der Waals surface area contributed by atoms with Gasteiger partial charge in [-0.15, -0.1) is 6.58 Å². The summed E-state index contributed by atoms with van der Waals surface area (Å²) < 4.78 is 0. The minimum Gasteiger partial charge on any atom is -0.102 e. The van der Waals surface area contributed by atoms with Crippen LogP contribution in [-0.2, 0) is 11.8 Å².